The normalized spacial score (nSPS) is 9.85. The average molecular weight is 332 g/mol. The number of nitriles is 1. The molecule has 0 N–H and O–H groups in total. The van der Waals surface area contributed by atoms with Crippen molar-refractivity contribution in [1.29, 1.82) is 5.26 Å². The maximum absolute atomic E-state index is 8.98. The zero-order valence-corrected chi connectivity index (χ0v) is 12.7. The molecule has 0 atom stereocenters. The van der Waals surface area contributed by atoms with Crippen molar-refractivity contribution in [2.24, 2.45) is 0 Å². The number of halogens is 1. The molecule has 2 aromatic carbocycles. The standard InChI is InChI=1S/C16H14BrNO2/c1-19-15-9-13(11-18)14(17)10-16(15)20-8-7-12-5-3-2-4-6-12/h2-6,9-10H,7-8H2,1H3. The number of hydrogen-bond acceptors (Lipinski definition) is 3. The van der Waals surface area contributed by atoms with E-state index >= 15 is 0 Å². The van der Waals surface area contributed by atoms with E-state index in [1.54, 1.807) is 19.2 Å². The van der Waals surface area contributed by atoms with Gasteiger partial charge in [-0.25, -0.2) is 0 Å². The SMILES string of the molecule is COc1cc(C#N)c(Br)cc1OCCc1ccccc1. The highest BCUT2D eigenvalue weighted by molar-refractivity contribution is 9.10. The molecule has 3 nitrogen and oxygen atoms in total. The Morgan fingerprint density at radius 1 is 1.15 bits per heavy atom. The fourth-order valence-electron chi connectivity index (χ4n) is 1.82. The molecule has 0 saturated heterocycles. The summed E-state index contributed by atoms with van der Waals surface area (Å²) >= 11 is 3.35. The Hall–Kier alpha value is -1.99. The van der Waals surface area contributed by atoms with Gasteiger partial charge in [-0.2, -0.15) is 5.26 Å². The van der Waals surface area contributed by atoms with Gasteiger partial charge in [-0.05, 0) is 27.6 Å². The van der Waals surface area contributed by atoms with E-state index in [9.17, 15) is 0 Å². The second-order valence-electron chi connectivity index (χ2n) is 4.18. The fraction of sp³-hybridized carbons (Fsp3) is 0.188. The van der Waals surface area contributed by atoms with Crippen LogP contribution in [0.3, 0.4) is 0 Å². The topological polar surface area (TPSA) is 42.2 Å². The monoisotopic (exact) mass is 331 g/mol. The van der Waals surface area contributed by atoms with Crippen LogP contribution in [0.5, 0.6) is 11.5 Å². The summed E-state index contributed by atoms with van der Waals surface area (Å²) in [6.07, 6.45) is 0.821. The van der Waals surface area contributed by atoms with Crippen molar-refractivity contribution in [2.75, 3.05) is 13.7 Å². The highest BCUT2D eigenvalue weighted by Gasteiger charge is 2.10. The Labute approximate surface area is 126 Å². The van der Waals surface area contributed by atoms with Crippen LogP contribution >= 0.6 is 15.9 Å². The van der Waals surface area contributed by atoms with Gasteiger partial charge in [-0.3, -0.25) is 0 Å². The number of nitrogens with zero attached hydrogens (tertiary/aromatic N) is 1. The molecule has 0 aromatic heterocycles. The summed E-state index contributed by atoms with van der Waals surface area (Å²) in [6, 6.07) is 15.7. The molecular weight excluding hydrogens is 318 g/mol. The average Bonchev–Trinajstić information content (AvgIpc) is 2.48. The molecule has 0 aliphatic carbocycles. The van der Waals surface area contributed by atoms with E-state index in [0.717, 1.165) is 6.42 Å². The molecule has 0 heterocycles. The lowest BCUT2D eigenvalue weighted by Gasteiger charge is -2.12. The van der Waals surface area contributed by atoms with Gasteiger partial charge in [0.1, 0.15) is 6.07 Å². The van der Waals surface area contributed by atoms with Gasteiger partial charge in [0.2, 0.25) is 0 Å². The summed E-state index contributed by atoms with van der Waals surface area (Å²) in [5.41, 5.74) is 1.75. The number of methoxy groups -OCH3 is 1. The van der Waals surface area contributed by atoms with E-state index in [1.807, 2.05) is 18.2 Å². The first-order valence-corrected chi connectivity index (χ1v) is 6.98. The third kappa shape index (κ3) is 3.52. The van der Waals surface area contributed by atoms with Gasteiger partial charge >= 0.3 is 0 Å². The van der Waals surface area contributed by atoms with Crippen molar-refractivity contribution in [1.82, 2.24) is 0 Å². The summed E-state index contributed by atoms with van der Waals surface area (Å²) in [4.78, 5) is 0. The maximum Gasteiger partial charge on any atom is 0.162 e. The van der Waals surface area contributed by atoms with E-state index in [1.165, 1.54) is 5.56 Å². The number of benzene rings is 2. The van der Waals surface area contributed by atoms with Crippen molar-refractivity contribution in [2.45, 2.75) is 6.42 Å². The smallest absolute Gasteiger partial charge is 0.162 e. The van der Waals surface area contributed by atoms with Crippen molar-refractivity contribution < 1.29 is 9.47 Å². The molecule has 0 spiro atoms. The van der Waals surface area contributed by atoms with Crippen molar-refractivity contribution >= 4 is 15.9 Å². The lowest BCUT2D eigenvalue weighted by atomic mass is 10.2. The second-order valence-corrected chi connectivity index (χ2v) is 5.03. The Morgan fingerprint density at radius 3 is 2.55 bits per heavy atom. The molecule has 0 aliphatic heterocycles. The first-order chi connectivity index (χ1) is 9.74. The minimum Gasteiger partial charge on any atom is -0.493 e. The predicted molar refractivity (Wildman–Crippen MR) is 81.1 cm³/mol. The van der Waals surface area contributed by atoms with Crippen molar-refractivity contribution in [3.05, 3.63) is 58.1 Å². The van der Waals surface area contributed by atoms with E-state index in [-0.39, 0.29) is 0 Å². The van der Waals surface area contributed by atoms with Gasteiger partial charge in [-0.15, -0.1) is 0 Å². The molecule has 0 unspecified atom stereocenters. The van der Waals surface area contributed by atoms with Gasteiger partial charge in [-0.1, -0.05) is 30.3 Å². The quantitative estimate of drug-likeness (QED) is 0.833. The second kappa shape index (κ2) is 6.97. The molecule has 0 radical (unpaired) electrons. The van der Waals surface area contributed by atoms with Crippen LogP contribution in [0, 0.1) is 11.3 Å². The van der Waals surface area contributed by atoms with Crippen LogP contribution in [0.1, 0.15) is 11.1 Å². The third-order valence-electron chi connectivity index (χ3n) is 2.86. The molecule has 2 aromatic rings. The van der Waals surface area contributed by atoms with E-state index < -0.39 is 0 Å². The largest absolute Gasteiger partial charge is 0.493 e. The van der Waals surface area contributed by atoms with E-state index in [0.29, 0.717) is 28.1 Å². The number of hydrogen-bond donors (Lipinski definition) is 0. The van der Waals surface area contributed by atoms with Crippen LogP contribution in [-0.2, 0) is 6.42 Å². The van der Waals surface area contributed by atoms with Gasteiger partial charge in [0.25, 0.3) is 0 Å². The predicted octanol–water partition coefficient (Wildman–Crippen LogP) is 3.95. The molecule has 20 heavy (non-hydrogen) atoms. The molecule has 0 aliphatic rings. The summed E-state index contributed by atoms with van der Waals surface area (Å²) < 4.78 is 11.7. The summed E-state index contributed by atoms with van der Waals surface area (Å²) in [6.45, 7) is 0.554. The number of ether oxygens (including phenoxy) is 2. The summed E-state index contributed by atoms with van der Waals surface area (Å²) in [5, 5.41) is 8.98. The zero-order chi connectivity index (χ0) is 14.4. The van der Waals surface area contributed by atoms with Crippen molar-refractivity contribution in [3.63, 3.8) is 0 Å². The van der Waals surface area contributed by atoms with Crippen LogP contribution in [0.2, 0.25) is 0 Å². The van der Waals surface area contributed by atoms with Gasteiger partial charge in [0, 0.05) is 17.0 Å². The van der Waals surface area contributed by atoms with Gasteiger partial charge in [0.15, 0.2) is 11.5 Å². The molecule has 0 amide bonds. The lowest BCUT2D eigenvalue weighted by molar-refractivity contribution is 0.297. The minimum atomic E-state index is 0.525. The van der Waals surface area contributed by atoms with Crippen LogP contribution in [0.4, 0.5) is 0 Å². The summed E-state index contributed by atoms with van der Waals surface area (Å²) in [5.74, 6) is 1.20. The van der Waals surface area contributed by atoms with Crippen LogP contribution in [0.25, 0.3) is 0 Å². The van der Waals surface area contributed by atoms with Crippen LogP contribution in [-0.4, -0.2) is 13.7 Å². The molecule has 0 saturated carbocycles. The van der Waals surface area contributed by atoms with Crippen LogP contribution < -0.4 is 9.47 Å². The molecular formula is C16H14BrNO2. The molecule has 4 heteroatoms. The summed E-state index contributed by atoms with van der Waals surface area (Å²) in [7, 11) is 1.56. The van der Waals surface area contributed by atoms with Crippen LogP contribution in [0.15, 0.2) is 46.9 Å². The zero-order valence-electron chi connectivity index (χ0n) is 11.1. The minimum absolute atomic E-state index is 0.525. The lowest BCUT2D eigenvalue weighted by Crippen LogP contribution is -2.03. The molecule has 102 valence electrons. The van der Waals surface area contributed by atoms with E-state index in [2.05, 4.69) is 34.1 Å². The number of rotatable bonds is 5. The van der Waals surface area contributed by atoms with Gasteiger partial charge < -0.3 is 9.47 Å². The third-order valence-corrected chi connectivity index (χ3v) is 3.52. The molecule has 2 rings (SSSR count). The molecule has 0 fully saturated rings. The first-order valence-electron chi connectivity index (χ1n) is 6.19. The fourth-order valence-corrected chi connectivity index (χ4v) is 2.23. The van der Waals surface area contributed by atoms with Gasteiger partial charge in [0.05, 0.1) is 19.3 Å². The molecule has 0 bridgehead atoms. The maximum atomic E-state index is 8.98. The highest BCUT2D eigenvalue weighted by atomic mass is 79.9. The van der Waals surface area contributed by atoms with E-state index in [4.69, 9.17) is 14.7 Å². The Morgan fingerprint density at radius 2 is 1.90 bits per heavy atom. The Kier molecular flexibility index (Phi) is 5.03. The Bertz CT molecular complexity index is 620. The Balaban J connectivity index is 2.06. The highest BCUT2D eigenvalue weighted by Crippen LogP contribution is 2.33. The first kappa shape index (κ1) is 14.4. The van der Waals surface area contributed by atoms with Crippen molar-refractivity contribution in [3.8, 4) is 17.6 Å².